The van der Waals surface area contributed by atoms with Crippen molar-refractivity contribution in [3.8, 4) is 0 Å². The third kappa shape index (κ3) is 2.60. The van der Waals surface area contributed by atoms with E-state index < -0.39 is 0 Å². The van der Waals surface area contributed by atoms with Gasteiger partial charge in [0.2, 0.25) is 5.91 Å². The van der Waals surface area contributed by atoms with Crippen molar-refractivity contribution < 1.29 is 14.4 Å². The fourth-order valence-corrected chi connectivity index (χ4v) is 2.37. The molecule has 1 atom stereocenters. The van der Waals surface area contributed by atoms with E-state index in [1.165, 1.54) is 5.06 Å². The van der Waals surface area contributed by atoms with Gasteiger partial charge in [0.15, 0.2) is 0 Å². The summed E-state index contributed by atoms with van der Waals surface area (Å²) in [6.45, 7) is 5.75. The Labute approximate surface area is 102 Å². The summed E-state index contributed by atoms with van der Waals surface area (Å²) in [6, 6.07) is 0.169. The zero-order chi connectivity index (χ0) is 12.4. The van der Waals surface area contributed by atoms with E-state index in [9.17, 15) is 9.59 Å². The molecule has 2 aliphatic heterocycles. The van der Waals surface area contributed by atoms with E-state index >= 15 is 0 Å². The molecule has 0 bridgehead atoms. The van der Waals surface area contributed by atoms with Gasteiger partial charge >= 0.3 is 0 Å². The normalized spacial score (nSPS) is 25.8. The highest BCUT2D eigenvalue weighted by atomic mass is 16.7. The second kappa shape index (κ2) is 5.04. The number of hydrogen-bond acceptors (Lipinski definition) is 3. The summed E-state index contributed by atoms with van der Waals surface area (Å²) in [4.78, 5) is 31.0. The molecule has 5 nitrogen and oxygen atoms in total. The van der Waals surface area contributed by atoms with Crippen molar-refractivity contribution in [2.45, 2.75) is 39.2 Å². The van der Waals surface area contributed by atoms with Crippen LogP contribution in [0.25, 0.3) is 0 Å². The molecule has 2 heterocycles. The van der Waals surface area contributed by atoms with Crippen LogP contribution in [-0.4, -0.2) is 47.5 Å². The van der Waals surface area contributed by atoms with Crippen molar-refractivity contribution in [3.63, 3.8) is 0 Å². The van der Waals surface area contributed by atoms with Gasteiger partial charge in [-0.15, -0.1) is 0 Å². The van der Waals surface area contributed by atoms with Crippen LogP contribution in [0, 0.1) is 5.92 Å². The van der Waals surface area contributed by atoms with Gasteiger partial charge in [-0.2, -0.15) is 0 Å². The molecule has 2 rings (SSSR count). The van der Waals surface area contributed by atoms with Gasteiger partial charge < -0.3 is 4.90 Å². The predicted octanol–water partition coefficient (Wildman–Crippen LogP) is 0.797. The lowest BCUT2D eigenvalue weighted by Crippen LogP contribution is -2.41. The Kier molecular flexibility index (Phi) is 3.66. The molecule has 2 amide bonds. The van der Waals surface area contributed by atoms with Crippen molar-refractivity contribution in [2.75, 3.05) is 19.7 Å². The Hall–Kier alpha value is -1.10. The molecule has 96 valence electrons. The van der Waals surface area contributed by atoms with Gasteiger partial charge in [0.25, 0.3) is 5.91 Å². The van der Waals surface area contributed by atoms with Crippen molar-refractivity contribution in [1.29, 1.82) is 0 Å². The number of rotatable bonds is 2. The summed E-state index contributed by atoms with van der Waals surface area (Å²) in [5, 5.41) is 1.45. The Bertz CT molecular complexity index is 311. The minimum absolute atomic E-state index is 0.0267. The molecular weight excluding hydrogens is 220 g/mol. The predicted molar refractivity (Wildman–Crippen MR) is 61.9 cm³/mol. The number of hydroxylamine groups is 2. The van der Waals surface area contributed by atoms with Crippen molar-refractivity contribution >= 4 is 11.8 Å². The summed E-state index contributed by atoms with van der Waals surface area (Å²) in [7, 11) is 0. The third-order valence-electron chi connectivity index (χ3n) is 3.38. The SMILES string of the molecule is CC(C)N1CC(C(=O)N2CCCCO2)CC1=O. The lowest BCUT2D eigenvalue weighted by atomic mass is 10.1. The smallest absolute Gasteiger partial charge is 0.251 e. The number of likely N-dealkylation sites (tertiary alicyclic amines) is 1. The standard InChI is InChI=1S/C12H20N2O3/c1-9(2)13-8-10(7-11(13)15)12(16)14-5-3-4-6-17-14/h9-10H,3-8H2,1-2H3. The topological polar surface area (TPSA) is 49.9 Å². The second-order valence-corrected chi connectivity index (χ2v) is 5.02. The Morgan fingerprint density at radius 1 is 1.41 bits per heavy atom. The number of nitrogens with zero attached hydrogens (tertiary/aromatic N) is 2. The van der Waals surface area contributed by atoms with Crippen LogP contribution in [0.1, 0.15) is 33.1 Å². The molecule has 2 fully saturated rings. The van der Waals surface area contributed by atoms with E-state index in [4.69, 9.17) is 4.84 Å². The quantitative estimate of drug-likeness (QED) is 0.717. The van der Waals surface area contributed by atoms with Crippen molar-refractivity contribution in [2.24, 2.45) is 5.92 Å². The largest absolute Gasteiger partial charge is 0.339 e. The molecule has 2 saturated heterocycles. The molecular formula is C12H20N2O3. The first-order valence-corrected chi connectivity index (χ1v) is 6.33. The average Bonchev–Trinajstić information content (AvgIpc) is 2.71. The van der Waals surface area contributed by atoms with Gasteiger partial charge in [-0.3, -0.25) is 14.4 Å². The lowest BCUT2D eigenvalue weighted by Gasteiger charge is -2.28. The molecule has 0 aliphatic carbocycles. The van der Waals surface area contributed by atoms with E-state index in [-0.39, 0.29) is 23.8 Å². The van der Waals surface area contributed by atoms with E-state index in [2.05, 4.69) is 0 Å². The fourth-order valence-electron chi connectivity index (χ4n) is 2.37. The highest BCUT2D eigenvalue weighted by molar-refractivity contribution is 5.89. The van der Waals surface area contributed by atoms with E-state index in [1.807, 2.05) is 13.8 Å². The van der Waals surface area contributed by atoms with Crippen LogP contribution < -0.4 is 0 Å². The van der Waals surface area contributed by atoms with Gasteiger partial charge in [-0.25, -0.2) is 5.06 Å². The van der Waals surface area contributed by atoms with Crippen LogP contribution in [0.15, 0.2) is 0 Å². The maximum atomic E-state index is 12.1. The summed E-state index contributed by atoms with van der Waals surface area (Å²) in [6.07, 6.45) is 2.32. The van der Waals surface area contributed by atoms with Crippen molar-refractivity contribution in [3.05, 3.63) is 0 Å². The first kappa shape index (κ1) is 12.4. The third-order valence-corrected chi connectivity index (χ3v) is 3.38. The molecule has 0 radical (unpaired) electrons. The van der Waals surface area contributed by atoms with E-state index in [0.717, 1.165) is 12.8 Å². The van der Waals surface area contributed by atoms with Crippen LogP contribution in [0.4, 0.5) is 0 Å². The zero-order valence-electron chi connectivity index (χ0n) is 10.5. The minimum atomic E-state index is -0.219. The van der Waals surface area contributed by atoms with Crippen LogP contribution >= 0.6 is 0 Å². The van der Waals surface area contributed by atoms with Gasteiger partial charge in [-0.05, 0) is 26.7 Å². The van der Waals surface area contributed by atoms with Gasteiger partial charge in [-0.1, -0.05) is 0 Å². The summed E-state index contributed by atoms with van der Waals surface area (Å²) in [5.41, 5.74) is 0. The first-order chi connectivity index (χ1) is 8.09. The van der Waals surface area contributed by atoms with Crippen LogP contribution in [-0.2, 0) is 14.4 Å². The van der Waals surface area contributed by atoms with Gasteiger partial charge in [0, 0.05) is 25.6 Å². The van der Waals surface area contributed by atoms with Crippen LogP contribution in [0.5, 0.6) is 0 Å². The molecule has 0 N–H and O–H groups in total. The molecule has 1 unspecified atom stereocenters. The monoisotopic (exact) mass is 240 g/mol. The maximum Gasteiger partial charge on any atom is 0.251 e. The molecule has 0 aromatic rings. The maximum absolute atomic E-state index is 12.1. The molecule has 5 heteroatoms. The summed E-state index contributed by atoms with van der Waals surface area (Å²) >= 11 is 0. The Balaban J connectivity index is 1.95. The van der Waals surface area contributed by atoms with Crippen molar-refractivity contribution in [1.82, 2.24) is 9.96 Å². The number of carbonyl (C=O) groups excluding carboxylic acids is 2. The molecule has 2 aliphatic rings. The van der Waals surface area contributed by atoms with E-state index in [1.54, 1.807) is 4.90 Å². The van der Waals surface area contributed by atoms with Gasteiger partial charge in [0.05, 0.1) is 12.5 Å². The molecule has 0 spiro atoms. The summed E-state index contributed by atoms with van der Waals surface area (Å²) < 4.78 is 0. The average molecular weight is 240 g/mol. The van der Waals surface area contributed by atoms with Gasteiger partial charge in [0.1, 0.15) is 0 Å². The summed E-state index contributed by atoms with van der Waals surface area (Å²) in [5.74, 6) is -0.167. The van der Waals surface area contributed by atoms with Crippen LogP contribution in [0.2, 0.25) is 0 Å². The highest BCUT2D eigenvalue weighted by Gasteiger charge is 2.38. The number of amides is 2. The number of hydrogen-bond donors (Lipinski definition) is 0. The molecule has 17 heavy (non-hydrogen) atoms. The fraction of sp³-hybridized carbons (Fsp3) is 0.833. The molecule has 0 aromatic heterocycles. The lowest BCUT2D eigenvalue weighted by molar-refractivity contribution is -0.200. The Morgan fingerprint density at radius 2 is 2.18 bits per heavy atom. The Morgan fingerprint density at radius 3 is 2.71 bits per heavy atom. The van der Waals surface area contributed by atoms with Crippen LogP contribution in [0.3, 0.4) is 0 Å². The molecule has 0 aromatic carbocycles. The number of carbonyl (C=O) groups is 2. The second-order valence-electron chi connectivity index (χ2n) is 5.02. The first-order valence-electron chi connectivity index (χ1n) is 6.33. The molecule has 0 saturated carbocycles. The minimum Gasteiger partial charge on any atom is -0.339 e. The zero-order valence-corrected chi connectivity index (χ0v) is 10.5. The van der Waals surface area contributed by atoms with E-state index in [0.29, 0.717) is 26.1 Å². The highest BCUT2D eigenvalue weighted by Crippen LogP contribution is 2.23.